The van der Waals surface area contributed by atoms with E-state index in [-0.39, 0.29) is 18.0 Å². The minimum Gasteiger partial charge on any atom is -0.354 e. The molecule has 0 radical (unpaired) electrons. The molecule has 0 spiro atoms. The molecule has 2 N–H and O–H groups in total. The van der Waals surface area contributed by atoms with Gasteiger partial charge in [0.1, 0.15) is 12.2 Å². The molecule has 2 aromatic heterocycles. The van der Waals surface area contributed by atoms with E-state index in [1.807, 2.05) is 48.7 Å². The van der Waals surface area contributed by atoms with Crippen LogP contribution in [0.4, 0.5) is 0 Å². The Bertz CT molecular complexity index is 762. The van der Waals surface area contributed by atoms with E-state index in [0.717, 1.165) is 18.8 Å². The molecular formula is C19H31N7OS. The zero-order valence-corrected chi connectivity index (χ0v) is 18.2. The first-order valence-electron chi connectivity index (χ1n) is 9.48. The maximum absolute atomic E-state index is 12.3. The van der Waals surface area contributed by atoms with E-state index in [1.165, 1.54) is 4.88 Å². The summed E-state index contributed by atoms with van der Waals surface area (Å²) in [7, 11) is 1.87. The number of aryl methyl sites for hydroxylation is 1. The number of nitrogens with zero attached hydrogens (tertiary/aromatic N) is 5. The first-order valence-corrected chi connectivity index (χ1v) is 10.4. The average Bonchev–Trinajstić information content (AvgIpc) is 3.27. The molecule has 2 rings (SSSR count). The smallest absolute Gasteiger partial charge is 0.240 e. The van der Waals surface area contributed by atoms with Crippen molar-refractivity contribution >= 4 is 23.2 Å². The molecule has 0 bridgehead atoms. The van der Waals surface area contributed by atoms with E-state index in [0.29, 0.717) is 19.0 Å². The third kappa shape index (κ3) is 7.30. The molecule has 2 heterocycles. The highest BCUT2D eigenvalue weighted by atomic mass is 32.1. The minimum atomic E-state index is -0.259. The summed E-state index contributed by atoms with van der Waals surface area (Å²) in [6.07, 6.45) is 2.58. The maximum Gasteiger partial charge on any atom is 0.240 e. The first-order chi connectivity index (χ1) is 13.3. The van der Waals surface area contributed by atoms with Crippen LogP contribution in [-0.2, 0) is 24.3 Å². The van der Waals surface area contributed by atoms with Gasteiger partial charge in [-0.25, -0.2) is 4.99 Å². The molecule has 0 aliphatic rings. The standard InChI is InChI=1S/C19H31N7OS/c1-6-16-24-22-14-26(16)10-9-20-18(21-12-15-8-7-11-28-15)25(5)13-17(27)23-19(2,3)4/h7-8,11,14H,6,9-10,12-13H2,1-5H3,(H,20,21)(H,23,27). The fourth-order valence-corrected chi connectivity index (χ4v) is 3.27. The molecule has 9 heteroatoms. The van der Waals surface area contributed by atoms with Gasteiger partial charge in [-0.15, -0.1) is 21.5 Å². The topological polar surface area (TPSA) is 87.4 Å². The first kappa shape index (κ1) is 21.9. The van der Waals surface area contributed by atoms with Gasteiger partial charge in [-0.05, 0) is 32.2 Å². The number of amides is 1. The zero-order valence-electron chi connectivity index (χ0n) is 17.4. The van der Waals surface area contributed by atoms with Crippen LogP contribution in [0.5, 0.6) is 0 Å². The van der Waals surface area contributed by atoms with Gasteiger partial charge in [0.15, 0.2) is 5.96 Å². The van der Waals surface area contributed by atoms with Crippen LogP contribution in [0.15, 0.2) is 28.8 Å². The lowest BCUT2D eigenvalue weighted by Crippen LogP contribution is -2.49. The number of thiophene rings is 1. The zero-order chi connectivity index (χ0) is 20.6. The predicted molar refractivity (Wildman–Crippen MR) is 113 cm³/mol. The van der Waals surface area contributed by atoms with Crippen LogP contribution >= 0.6 is 11.3 Å². The van der Waals surface area contributed by atoms with Crippen LogP contribution in [0.1, 0.15) is 38.4 Å². The summed E-state index contributed by atoms with van der Waals surface area (Å²) in [6.45, 7) is 10.2. The van der Waals surface area contributed by atoms with Gasteiger partial charge in [-0.3, -0.25) is 4.79 Å². The SMILES string of the molecule is CCc1nncn1CCNC(=NCc1cccs1)N(C)CC(=O)NC(C)(C)C. The van der Waals surface area contributed by atoms with Gasteiger partial charge in [-0.1, -0.05) is 13.0 Å². The molecule has 0 saturated carbocycles. The Kier molecular flexibility index (Phi) is 7.98. The molecule has 0 atom stereocenters. The van der Waals surface area contributed by atoms with Crippen LogP contribution in [0, 0.1) is 0 Å². The predicted octanol–water partition coefficient (Wildman–Crippen LogP) is 1.89. The Hall–Kier alpha value is -2.42. The van der Waals surface area contributed by atoms with E-state index in [9.17, 15) is 4.79 Å². The highest BCUT2D eigenvalue weighted by molar-refractivity contribution is 7.09. The van der Waals surface area contributed by atoms with Crippen molar-refractivity contribution in [3.63, 3.8) is 0 Å². The second kappa shape index (κ2) is 10.2. The second-order valence-electron chi connectivity index (χ2n) is 7.59. The van der Waals surface area contributed by atoms with Crippen molar-refractivity contribution in [1.82, 2.24) is 30.3 Å². The van der Waals surface area contributed by atoms with Crippen LogP contribution < -0.4 is 10.6 Å². The number of aromatic nitrogens is 3. The number of carbonyl (C=O) groups excluding carboxylic acids is 1. The van der Waals surface area contributed by atoms with Crippen molar-refractivity contribution in [2.24, 2.45) is 4.99 Å². The van der Waals surface area contributed by atoms with Gasteiger partial charge < -0.3 is 20.1 Å². The number of carbonyl (C=O) groups is 1. The van der Waals surface area contributed by atoms with Crippen LogP contribution in [-0.4, -0.2) is 57.2 Å². The molecule has 154 valence electrons. The van der Waals surface area contributed by atoms with Gasteiger partial charge in [0.25, 0.3) is 0 Å². The van der Waals surface area contributed by atoms with Crippen molar-refractivity contribution in [3.05, 3.63) is 34.5 Å². The molecule has 0 aliphatic carbocycles. The summed E-state index contributed by atoms with van der Waals surface area (Å²) in [4.78, 5) is 20.0. The Morgan fingerprint density at radius 2 is 2.18 bits per heavy atom. The van der Waals surface area contributed by atoms with E-state index in [2.05, 4.69) is 33.8 Å². The molecule has 8 nitrogen and oxygen atoms in total. The van der Waals surface area contributed by atoms with Crippen LogP contribution in [0.3, 0.4) is 0 Å². The van der Waals surface area contributed by atoms with E-state index >= 15 is 0 Å². The summed E-state index contributed by atoms with van der Waals surface area (Å²) in [5.41, 5.74) is -0.259. The summed E-state index contributed by atoms with van der Waals surface area (Å²) >= 11 is 1.67. The molecule has 0 aromatic carbocycles. The number of hydrogen-bond acceptors (Lipinski definition) is 5. The molecule has 28 heavy (non-hydrogen) atoms. The van der Waals surface area contributed by atoms with Crippen molar-refractivity contribution in [2.75, 3.05) is 20.1 Å². The van der Waals surface area contributed by atoms with Crippen LogP contribution in [0.2, 0.25) is 0 Å². The average molecular weight is 406 g/mol. The molecule has 0 saturated heterocycles. The van der Waals surface area contributed by atoms with Gasteiger partial charge in [0, 0.05) is 37.0 Å². The quantitative estimate of drug-likeness (QED) is 0.517. The number of hydrogen-bond donors (Lipinski definition) is 2. The Morgan fingerprint density at radius 1 is 1.39 bits per heavy atom. The summed E-state index contributed by atoms with van der Waals surface area (Å²) in [5.74, 6) is 1.62. The van der Waals surface area contributed by atoms with Crippen LogP contribution in [0.25, 0.3) is 0 Å². The van der Waals surface area contributed by atoms with Crippen molar-refractivity contribution in [2.45, 2.75) is 52.7 Å². The molecule has 2 aromatic rings. The highest BCUT2D eigenvalue weighted by Crippen LogP contribution is 2.09. The number of aliphatic imine (C=N–C) groups is 1. The van der Waals surface area contributed by atoms with Crippen molar-refractivity contribution < 1.29 is 4.79 Å². The summed E-state index contributed by atoms with van der Waals surface area (Å²) < 4.78 is 2.02. The third-order valence-electron chi connectivity index (χ3n) is 3.87. The largest absolute Gasteiger partial charge is 0.354 e. The molecule has 1 amide bonds. The van der Waals surface area contributed by atoms with Gasteiger partial charge in [0.2, 0.25) is 5.91 Å². The Morgan fingerprint density at radius 3 is 2.82 bits per heavy atom. The fraction of sp³-hybridized carbons (Fsp3) is 0.579. The lowest BCUT2D eigenvalue weighted by molar-refractivity contribution is -0.122. The van der Waals surface area contributed by atoms with Crippen molar-refractivity contribution in [3.8, 4) is 0 Å². The van der Waals surface area contributed by atoms with Gasteiger partial charge in [0.05, 0.1) is 13.1 Å². The Labute approximate surface area is 171 Å². The number of nitrogens with one attached hydrogen (secondary N) is 2. The lowest BCUT2D eigenvalue weighted by Gasteiger charge is -2.25. The van der Waals surface area contributed by atoms with Gasteiger partial charge >= 0.3 is 0 Å². The van der Waals surface area contributed by atoms with E-state index in [4.69, 9.17) is 4.99 Å². The maximum atomic E-state index is 12.3. The molecule has 0 aliphatic heterocycles. The number of likely N-dealkylation sites (N-methyl/N-ethyl adjacent to an activating group) is 1. The Balaban J connectivity index is 1.99. The van der Waals surface area contributed by atoms with Gasteiger partial charge in [-0.2, -0.15) is 0 Å². The summed E-state index contributed by atoms with van der Waals surface area (Å²) in [6, 6.07) is 4.07. The normalized spacial score (nSPS) is 12.1. The van der Waals surface area contributed by atoms with E-state index < -0.39 is 0 Å². The highest BCUT2D eigenvalue weighted by Gasteiger charge is 2.17. The molecular weight excluding hydrogens is 374 g/mol. The van der Waals surface area contributed by atoms with E-state index in [1.54, 1.807) is 17.7 Å². The lowest BCUT2D eigenvalue weighted by atomic mass is 10.1. The summed E-state index contributed by atoms with van der Waals surface area (Å²) in [5, 5.41) is 16.5. The third-order valence-corrected chi connectivity index (χ3v) is 4.73. The number of rotatable bonds is 8. The molecule has 0 unspecified atom stereocenters. The fourth-order valence-electron chi connectivity index (χ4n) is 2.64. The van der Waals surface area contributed by atoms with Crippen molar-refractivity contribution in [1.29, 1.82) is 0 Å². The minimum absolute atomic E-state index is 0.0345. The monoisotopic (exact) mass is 405 g/mol. The second-order valence-corrected chi connectivity index (χ2v) is 8.63. The number of guanidine groups is 1. The molecule has 0 fully saturated rings.